The van der Waals surface area contributed by atoms with Gasteiger partial charge >= 0.3 is 0 Å². The number of hydrogen-bond donors (Lipinski definition) is 2. The number of halogens is 1. The molecule has 0 atom stereocenters. The van der Waals surface area contributed by atoms with E-state index in [1.165, 1.54) is 0 Å². The molecule has 0 unspecified atom stereocenters. The number of rotatable bonds is 2. The molecule has 0 spiro atoms. The molecular weight excluding hydrogens is 188 g/mol. The number of aromatic nitrogens is 1. The summed E-state index contributed by atoms with van der Waals surface area (Å²) in [4.78, 5) is 7.61. The lowest BCUT2D eigenvalue weighted by atomic mass is 10.2. The number of aromatic amines is 1. The van der Waals surface area contributed by atoms with Gasteiger partial charge < -0.3 is 4.98 Å². The van der Waals surface area contributed by atoms with E-state index in [-0.39, 0.29) is 0 Å². The highest BCUT2D eigenvalue weighted by Gasteiger charge is 2.05. The first kappa shape index (κ1) is 8.56. The number of hydrogen-bond acceptors (Lipinski definition) is 2. The fourth-order valence-corrected chi connectivity index (χ4v) is 1.63. The van der Waals surface area contributed by atoms with Gasteiger partial charge in [0.15, 0.2) is 0 Å². The van der Waals surface area contributed by atoms with Crippen molar-refractivity contribution in [2.24, 2.45) is 5.90 Å². The van der Waals surface area contributed by atoms with E-state index in [2.05, 4.69) is 9.82 Å². The maximum atomic E-state index is 6.11. The minimum absolute atomic E-state index is 0.333. The minimum atomic E-state index is 0.333. The molecular formula is C9H9ClN2O. The molecule has 0 bridgehead atoms. The molecule has 1 aromatic carbocycles. The van der Waals surface area contributed by atoms with Crippen molar-refractivity contribution in [3.05, 3.63) is 35.0 Å². The van der Waals surface area contributed by atoms with E-state index in [9.17, 15) is 0 Å². The molecule has 0 aliphatic carbocycles. The van der Waals surface area contributed by atoms with Crippen molar-refractivity contribution >= 4 is 22.5 Å². The van der Waals surface area contributed by atoms with Crippen LogP contribution in [0.1, 0.15) is 5.56 Å². The van der Waals surface area contributed by atoms with Crippen LogP contribution in [0.15, 0.2) is 24.4 Å². The van der Waals surface area contributed by atoms with Gasteiger partial charge in [-0.1, -0.05) is 17.7 Å². The van der Waals surface area contributed by atoms with Crippen molar-refractivity contribution in [3.8, 4) is 0 Å². The van der Waals surface area contributed by atoms with Crippen LogP contribution in [-0.4, -0.2) is 4.98 Å². The zero-order valence-electron chi connectivity index (χ0n) is 6.88. The van der Waals surface area contributed by atoms with Gasteiger partial charge in [-0.05, 0) is 17.7 Å². The van der Waals surface area contributed by atoms with Crippen molar-refractivity contribution in [3.63, 3.8) is 0 Å². The molecule has 0 radical (unpaired) electrons. The average Bonchev–Trinajstić information content (AvgIpc) is 2.58. The normalized spacial score (nSPS) is 10.9. The summed E-state index contributed by atoms with van der Waals surface area (Å²) in [7, 11) is 0. The number of benzene rings is 1. The van der Waals surface area contributed by atoms with Gasteiger partial charge in [0.1, 0.15) is 0 Å². The second-order valence-corrected chi connectivity index (χ2v) is 3.17. The van der Waals surface area contributed by atoms with Crippen molar-refractivity contribution in [1.29, 1.82) is 0 Å². The van der Waals surface area contributed by atoms with Gasteiger partial charge in [-0.2, -0.15) is 0 Å². The number of nitrogens with two attached hydrogens (primary N) is 1. The first-order valence-electron chi connectivity index (χ1n) is 3.89. The van der Waals surface area contributed by atoms with E-state index in [0.29, 0.717) is 11.6 Å². The Bertz CT molecular complexity index is 424. The Kier molecular flexibility index (Phi) is 2.22. The lowest BCUT2D eigenvalue weighted by molar-refractivity contribution is 0.124. The van der Waals surface area contributed by atoms with E-state index < -0.39 is 0 Å². The first-order valence-corrected chi connectivity index (χ1v) is 4.27. The summed E-state index contributed by atoms with van der Waals surface area (Å²) in [5, 5.41) is 1.69. The third-order valence-corrected chi connectivity index (χ3v) is 2.43. The van der Waals surface area contributed by atoms with E-state index >= 15 is 0 Å². The van der Waals surface area contributed by atoms with Crippen molar-refractivity contribution < 1.29 is 4.84 Å². The largest absolute Gasteiger partial charge is 0.361 e. The summed E-state index contributed by atoms with van der Waals surface area (Å²) in [5.41, 5.74) is 1.92. The number of fused-ring (bicyclic) bond motifs is 1. The highest BCUT2D eigenvalue weighted by atomic mass is 35.5. The summed E-state index contributed by atoms with van der Waals surface area (Å²) in [6.07, 6.45) is 1.85. The summed E-state index contributed by atoms with van der Waals surface area (Å²) in [5.74, 6) is 4.98. The second-order valence-electron chi connectivity index (χ2n) is 2.79. The Morgan fingerprint density at radius 3 is 3.00 bits per heavy atom. The van der Waals surface area contributed by atoms with Gasteiger partial charge in [-0.15, -0.1) is 0 Å². The zero-order valence-corrected chi connectivity index (χ0v) is 7.64. The van der Waals surface area contributed by atoms with E-state index in [0.717, 1.165) is 16.5 Å². The average molecular weight is 197 g/mol. The third-order valence-electron chi connectivity index (χ3n) is 1.99. The molecule has 13 heavy (non-hydrogen) atoms. The van der Waals surface area contributed by atoms with Crippen LogP contribution in [-0.2, 0) is 11.4 Å². The quantitative estimate of drug-likeness (QED) is 0.724. The Hall–Kier alpha value is -1.03. The highest BCUT2D eigenvalue weighted by molar-refractivity contribution is 6.36. The molecule has 3 nitrogen and oxygen atoms in total. The van der Waals surface area contributed by atoms with Gasteiger partial charge in [0.2, 0.25) is 0 Å². The standard InChI is InChI=1S/C9H9ClN2O/c10-9-6(5-13-11)1-2-8-7(9)3-4-12-8/h1-4,12H,5,11H2. The molecule has 2 aromatic rings. The maximum Gasteiger partial charge on any atom is 0.0944 e. The molecule has 68 valence electrons. The Morgan fingerprint density at radius 2 is 2.23 bits per heavy atom. The number of H-pyrrole nitrogens is 1. The molecule has 1 heterocycles. The molecule has 0 saturated heterocycles. The first-order chi connectivity index (χ1) is 6.33. The smallest absolute Gasteiger partial charge is 0.0944 e. The van der Waals surface area contributed by atoms with Crippen LogP contribution in [0.3, 0.4) is 0 Å². The topological polar surface area (TPSA) is 51.0 Å². The van der Waals surface area contributed by atoms with Crippen molar-refractivity contribution in [2.45, 2.75) is 6.61 Å². The fraction of sp³-hybridized carbons (Fsp3) is 0.111. The summed E-state index contributed by atoms with van der Waals surface area (Å²) in [6, 6.07) is 5.78. The molecule has 4 heteroatoms. The van der Waals surface area contributed by atoms with Crippen LogP contribution in [0.2, 0.25) is 5.02 Å². The minimum Gasteiger partial charge on any atom is -0.361 e. The van der Waals surface area contributed by atoms with Crippen LogP contribution in [0, 0.1) is 0 Å². The molecule has 3 N–H and O–H groups in total. The van der Waals surface area contributed by atoms with E-state index in [1.54, 1.807) is 0 Å². The Balaban J connectivity index is 2.59. The molecule has 2 rings (SSSR count). The van der Waals surface area contributed by atoms with Crippen LogP contribution < -0.4 is 5.90 Å². The Labute approximate surface area is 80.4 Å². The van der Waals surface area contributed by atoms with Gasteiger partial charge in [-0.3, -0.25) is 4.84 Å². The third kappa shape index (κ3) is 1.42. The van der Waals surface area contributed by atoms with E-state index in [1.807, 2.05) is 24.4 Å². The van der Waals surface area contributed by atoms with Crippen molar-refractivity contribution in [1.82, 2.24) is 4.98 Å². The SMILES string of the molecule is NOCc1ccc2[nH]ccc2c1Cl. The highest BCUT2D eigenvalue weighted by Crippen LogP contribution is 2.26. The molecule has 0 amide bonds. The fourth-order valence-electron chi connectivity index (χ4n) is 1.34. The van der Waals surface area contributed by atoms with Gasteiger partial charge in [0.05, 0.1) is 11.6 Å². The lowest BCUT2D eigenvalue weighted by Gasteiger charge is -2.02. The predicted octanol–water partition coefficient (Wildman–Crippen LogP) is 2.21. The molecule has 0 aliphatic heterocycles. The van der Waals surface area contributed by atoms with Crippen LogP contribution in [0.25, 0.3) is 10.9 Å². The maximum absolute atomic E-state index is 6.11. The van der Waals surface area contributed by atoms with Gasteiger partial charge in [-0.25, -0.2) is 5.90 Å². The van der Waals surface area contributed by atoms with Crippen LogP contribution >= 0.6 is 11.6 Å². The predicted molar refractivity (Wildman–Crippen MR) is 52.3 cm³/mol. The zero-order chi connectivity index (χ0) is 9.26. The summed E-state index contributed by atoms with van der Waals surface area (Å²) >= 11 is 6.11. The second kappa shape index (κ2) is 3.38. The van der Waals surface area contributed by atoms with Crippen LogP contribution in [0.4, 0.5) is 0 Å². The summed E-state index contributed by atoms with van der Waals surface area (Å²) in [6.45, 7) is 0.333. The monoisotopic (exact) mass is 196 g/mol. The Morgan fingerprint density at radius 1 is 1.38 bits per heavy atom. The van der Waals surface area contributed by atoms with Gasteiger partial charge in [0, 0.05) is 17.1 Å². The molecule has 0 saturated carbocycles. The number of nitrogens with one attached hydrogen (secondary N) is 1. The molecule has 0 aliphatic rings. The van der Waals surface area contributed by atoms with Crippen molar-refractivity contribution in [2.75, 3.05) is 0 Å². The lowest BCUT2D eigenvalue weighted by Crippen LogP contribution is -1.99. The molecule has 0 fully saturated rings. The van der Waals surface area contributed by atoms with E-state index in [4.69, 9.17) is 17.5 Å². The summed E-state index contributed by atoms with van der Waals surface area (Å²) < 4.78 is 0. The van der Waals surface area contributed by atoms with Crippen LogP contribution in [0.5, 0.6) is 0 Å². The molecule has 1 aromatic heterocycles. The van der Waals surface area contributed by atoms with Gasteiger partial charge in [0.25, 0.3) is 0 Å².